The molecule has 6 aromatic rings. The van der Waals surface area contributed by atoms with Crippen LogP contribution in [0, 0.1) is 32.4 Å². The lowest BCUT2D eigenvalue weighted by Gasteiger charge is -2.34. The van der Waals surface area contributed by atoms with Gasteiger partial charge in [-0.1, -0.05) is 43.9 Å². The largest absolute Gasteiger partial charge is 0.355 e. The number of unbranched alkanes of at least 4 members (excludes halogenated alkanes) is 5. The summed E-state index contributed by atoms with van der Waals surface area (Å²) in [6, 6.07) is 13.8. The number of thiazole rings is 1. The zero-order valence-corrected chi connectivity index (χ0v) is 39.0. The molecule has 7 rings (SSSR count). The van der Waals surface area contributed by atoms with Gasteiger partial charge in [0, 0.05) is 68.4 Å². The number of para-hydroxylation sites is 1. The molecule has 4 N–H and O–H groups in total. The van der Waals surface area contributed by atoms with Gasteiger partial charge in [0.25, 0.3) is 5.91 Å². The molecule has 1 aliphatic heterocycles. The molecule has 2 aromatic carbocycles. The molecule has 0 saturated carbocycles. The van der Waals surface area contributed by atoms with Crippen LogP contribution in [0.15, 0.2) is 60.9 Å². The second kappa shape index (κ2) is 22.3. The summed E-state index contributed by atoms with van der Waals surface area (Å²) < 4.78 is 32.1. The van der Waals surface area contributed by atoms with Gasteiger partial charge in [-0.3, -0.25) is 29.5 Å². The number of amides is 3. The van der Waals surface area contributed by atoms with E-state index in [0.29, 0.717) is 59.6 Å². The fourth-order valence-corrected chi connectivity index (χ4v) is 8.87. The summed E-state index contributed by atoms with van der Waals surface area (Å²) in [5, 5.41) is 12.4. The van der Waals surface area contributed by atoms with Crippen molar-refractivity contribution in [3.63, 3.8) is 0 Å². The molecule has 0 unspecified atom stereocenters. The van der Waals surface area contributed by atoms with Crippen LogP contribution in [0.2, 0.25) is 0 Å². The summed E-state index contributed by atoms with van der Waals surface area (Å²) >= 11 is 1.42. The zero-order valence-electron chi connectivity index (χ0n) is 38.2. The van der Waals surface area contributed by atoms with Crippen molar-refractivity contribution in [3.05, 3.63) is 100 Å². The number of nitrogens with zero attached hydrogens (tertiary/aromatic N) is 8. The molecule has 348 valence electrons. The maximum absolute atomic E-state index is 15.1. The molecule has 0 bridgehead atoms. The molecule has 1 saturated heterocycles. The number of benzene rings is 2. The first-order valence-corrected chi connectivity index (χ1v) is 23.4. The standard InChI is InChI=1S/C48H58F2N12O3S/c1-30(2)62-33(5)55-45-37(49)24-35(25-40(45)62)44-38(50)27-53-47(58-44)57-41-18-17-34(26-52-41)28-60-20-22-61(23-21-60)29-43(64)51-19-13-9-7-6-8-10-16-42(63)56-39-15-12-11-14-36(39)46(65)59-48-54-31(3)32(4)66-48/h11-12,14-15,17-18,24-27,30H,6-10,13,16,19-23,28-29H2,1-5H3,(H,51,64)(H,56,63)(H,54,59,65)(H,52,53,57,58). The number of hydrogen-bond acceptors (Lipinski definition) is 12. The maximum atomic E-state index is 15.1. The van der Waals surface area contributed by atoms with Crippen molar-refractivity contribution in [1.29, 1.82) is 0 Å². The van der Waals surface area contributed by atoms with Gasteiger partial charge in [0.05, 0.1) is 35.2 Å². The summed E-state index contributed by atoms with van der Waals surface area (Å²) in [7, 11) is 0. The van der Waals surface area contributed by atoms with Crippen LogP contribution in [0.4, 0.5) is 31.4 Å². The summed E-state index contributed by atoms with van der Waals surface area (Å²) in [4.78, 5) is 65.6. The van der Waals surface area contributed by atoms with Crippen LogP contribution in [0.3, 0.4) is 0 Å². The smallest absolute Gasteiger partial charge is 0.259 e. The minimum absolute atomic E-state index is 0.0294. The molecule has 18 heteroatoms. The van der Waals surface area contributed by atoms with E-state index in [-0.39, 0.29) is 46.5 Å². The lowest BCUT2D eigenvalue weighted by molar-refractivity contribution is -0.122. The Balaban J connectivity index is 0.747. The van der Waals surface area contributed by atoms with Gasteiger partial charge in [-0.15, -0.1) is 11.3 Å². The van der Waals surface area contributed by atoms with E-state index in [0.717, 1.165) is 87.0 Å². The van der Waals surface area contributed by atoms with Crippen LogP contribution in [0.25, 0.3) is 22.3 Å². The molecule has 0 radical (unpaired) electrons. The number of imidazole rings is 1. The molecule has 0 spiro atoms. The number of piperazine rings is 1. The third-order valence-corrected chi connectivity index (χ3v) is 12.6. The average molecular weight is 921 g/mol. The van der Waals surface area contributed by atoms with Gasteiger partial charge in [-0.25, -0.2) is 33.7 Å². The molecule has 5 heterocycles. The number of pyridine rings is 1. The Kier molecular flexibility index (Phi) is 16.1. The predicted molar refractivity (Wildman–Crippen MR) is 255 cm³/mol. The Morgan fingerprint density at radius 1 is 0.788 bits per heavy atom. The third-order valence-electron chi connectivity index (χ3n) is 11.6. The van der Waals surface area contributed by atoms with E-state index in [2.05, 4.69) is 56.0 Å². The quantitative estimate of drug-likeness (QED) is 0.0539. The highest BCUT2D eigenvalue weighted by Crippen LogP contribution is 2.31. The first-order chi connectivity index (χ1) is 31.8. The van der Waals surface area contributed by atoms with Crippen molar-refractivity contribution >= 4 is 62.7 Å². The maximum Gasteiger partial charge on any atom is 0.259 e. The number of hydrogen-bond donors (Lipinski definition) is 4. The predicted octanol–water partition coefficient (Wildman–Crippen LogP) is 8.73. The molecule has 4 aromatic heterocycles. The lowest BCUT2D eigenvalue weighted by Crippen LogP contribution is -2.49. The Morgan fingerprint density at radius 2 is 1.53 bits per heavy atom. The number of anilines is 4. The molecule has 0 aliphatic carbocycles. The van der Waals surface area contributed by atoms with Crippen LogP contribution >= 0.6 is 11.3 Å². The number of nitrogens with one attached hydrogen (secondary N) is 4. The van der Waals surface area contributed by atoms with E-state index < -0.39 is 11.6 Å². The summed E-state index contributed by atoms with van der Waals surface area (Å²) in [5.41, 5.74) is 3.84. The molecule has 66 heavy (non-hydrogen) atoms. The second-order valence-corrected chi connectivity index (χ2v) is 18.2. The van der Waals surface area contributed by atoms with E-state index in [1.165, 1.54) is 17.4 Å². The number of carbonyl (C=O) groups is 3. The highest BCUT2D eigenvalue weighted by molar-refractivity contribution is 7.15. The van der Waals surface area contributed by atoms with Crippen molar-refractivity contribution < 1.29 is 23.2 Å². The molecular formula is C48H58F2N12O3S. The van der Waals surface area contributed by atoms with Gasteiger partial charge in [-0.05, 0) is 83.4 Å². The van der Waals surface area contributed by atoms with Crippen molar-refractivity contribution in [3.8, 4) is 11.3 Å². The molecule has 3 amide bonds. The van der Waals surface area contributed by atoms with E-state index in [9.17, 15) is 14.4 Å². The molecule has 0 atom stereocenters. The van der Waals surface area contributed by atoms with Gasteiger partial charge < -0.3 is 20.5 Å². The highest BCUT2D eigenvalue weighted by atomic mass is 32.1. The average Bonchev–Trinajstić information content (AvgIpc) is 3.80. The highest BCUT2D eigenvalue weighted by Gasteiger charge is 2.21. The number of rotatable bonds is 20. The topological polar surface area (TPSA) is 175 Å². The SMILES string of the molecule is Cc1nc(NC(=O)c2ccccc2NC(=O)CCCCCCCCNC(=O)CN2CCN(Cc3ccc(Nc4ncc(F)c(-c5cc(F)c6nc(C)n(C(C)C)c6c5)n4)nc3)CC2)sc1C. The van der Waals surface area contributed by atoms with E-state index in [4.69, 9.17) is 0 Å². The lowest BCUT2D eigenvalue weighted by atomic mass is 10.1. The first-order valence-electron chi connectivity index (χ1n) is 22.6. The molecule has 1 aliphatic rings. The monoisotopic (exact) mass is 920 g/mol. The van der Waals surface area contributed by atoms with Gasteiger partial charge in [0.2, 0.25) is 17.8 Å². The van der Waals surface area contributed by atoms with Crippen LogP contribution in [-0.4, -0.2) is 96.3 Å². The molecular weight excluding hydrogens is 863 g/mol. The Hall–Kier alpha value is -6.24. The summed E-state index contributed by atoms with van der Waals surface area (Å²) in [5.74, 6) is -0.319. The minimum Gasteiger partial charge on any atom is -0.355 e. The summed E-state index contributed by atoms with van der Waals surface area (Å²) in [6.45, 7) is 14.6. The van der Waals surface area contributed by atoms with E-state index in [1.807, 2.05) is 51.3 Å². The fourth-order valence-electron chi connectivity index (χ4n) is 8.06. The fraction of sp³-hybridized carbons (Fsp3) is 0.417. The first kappa shape index (κ1) is 47.7. The van der Waals surface area contributed by atoms with Gasteiger partial charge in [-0.2, -0.15) is 0 Å². The second-order valence-electron chi connectivity index (χ2n) is 17.0. The number of aryl methyl sites for hydroxylation is 3. The Bertz CT molecular complexity index is 2620. The Morgan fingerprint density at radius 3 is 2.26 bits per heavy atom. The Labute approximate surface area is 387 Å². The third kappa shape index (κ3) is 12.6. The van der Waals surface area contributed by atoms with Crippen molar-refractivity contribution in [2.24, 2.45) is 0 Å². The number of fused-ring (bicyclic) bond motifs is 1. The van der Waals surface area contributed by atoms with Crippen LogP contribution in [0.1, 0.15) is 97.2 Å². The van der Waals surface area contributed by atoms with Crippen LogP contribution in [-0.2, 0) is 16.1 Å². The number of halogens is 2. The van der Waals surface area contributed by atoms with Crippen LogP contribution < -0.4 is 21.3 Å². The molecule has 15 nitrogen and oxygen atoms in total. The van der Waals surface area contributed by atoms with Gasteiger partial charge in [0.15, 0.2) is 16.8 Å². The van der Waals surface area contributed by atoms with Crippen LogP contribution in [0.5, 0.6) is 0 Å². The summed E-state index contributed by atoms with van der Waals surface area (Å²) in [6.07, 6.45) is 8.86. The van der Waals surface area contributed by atoms with Gasteiger partial charge >= 0.3 is 0 Å². The molecule has 1 fully saturated rings. The minimum atomic E-state index is -0.671. The zero-order chi connectivity index (χ0) is 46.7. The van der Waals surface area contributed by atoms with Crippen molar-refractivity contribution in [1.82, 2.24) is 44.6 Å². The number of aromatic nitrogens is 6. The van der Waals surface area contributed by atoms with Gasteiger partial charge in [0.1, 0.15) is 22.9 Å². The normalized spacial score (nSPS) is 13.3. The van der Waals surface area contributed by atoms with E-state index in [1.54, 1.807) is 36.5 Å². The van der Waals surface area contributed by atoms with Crippen molar-refractivity contribution in [2.45, 2.75) is 92.2 Å². The van der Waals surface area contributed by atoms with E-state index >= 15 is 8.78 Å². The van der Waals surface area contributed by atoms with Crippen molar-refractivity contribution in [2.75, 3.05) is 55.2 Å². The number of carbonyl (C=O) groups excluding carboxylic acids is 3.